The van der Waals surface area contributed by atoms with Crippen LogP contribution in [0, 0.1) is 5.92 Å². The molecule has 0 aliphatic heterocycles. The van der Waals surface area contributed by atoms with Crippen LogP contribution in [0.3, 0.4) is 0 Å². The normalized spacial score (nSPS) is 10.8. The van der Waals surface area contributed by atoms with E-state index in [9.17, 15) is 0 Å². The third-order valence-electron chi connectivity index (χ3n) is 2.33. The van der Waals surface area contributed by atoms with Gasteiger partial charge in [-0.1, -0.05) is 38.1 Å². The zero-order chi connectivity index (χ0) is 9.68. The molecule has 0 fully saturated rings. The van der Waals surface area contributed by atoms with E-state index in [4.69, 9.17) is 5.73 Å². The molecule has 72 valence electrons. The van der Waals surface area contributed by atoms with Gasteiger partial charge in [0.25, 0.3) is 0 Å². The topological polar surface area (TPSA) is 26.0 Å². The van der Waals surface area contributed by atoms with Crippen molar-refractivity contribution in [1.82, 2.24) is 0 Å². The SMILES string of the molecule is CC(C)CCc1ccccc1CN. The van der Waals surface area contributed by atoms with Gasteiger partial charge in [-0.05, 0) is 29.9 Å². The van der Waals surface area contributed by atoms with Crippen molar-refractivity contribution in [3.8, 4) is 0 Å². The zero-order valence-corrected chi connectivity index (χ0v) is 8.59. The van der Waals surface area contributed by atoms with Gasteiger partial charge in [0, 0.05) is 6.54 Å². The van der Waals surface area contributed by atoms with Gasteiger partial charge >= 0.3 is 0 Å². The third-order valence-corrected chi connectivity index (χ3v) is 2.33. The predicted molar refractivity (Wildman–Crippen MR) is 57.5 cm³/mol. The molecule has 0 aliphatic carbocycles. The lowest BCUT2D eigenvalue weighted by molar-refractivity contribution is 0.585. The molecule has 0 amide bonds. The molecule has 0 saturated carbocycles. The molecule has 0 atom stereocenters. The average molecular weight is 177 g/mol. The first-order chi connectivity index (χ1) is 6.24. The van der Waals surface area contributed by atoms with Gasteiger partial charge in [-0.25, -0.2) is 0 Å². The molecule has 0 bridgehead atoms. The lowest BCUT2D eigenvalue weighted by Gasteiger charge is -2.08. The van der Waals surface area contributed by atoms with Crippen molar-refractivity contribution >= 4 is 0 Å². The van der Waals surface area contributed by atoms with E-state index in [0.717, 1.165) is 12.3 Å². The second-order valence-corrected chi connectivity index (χ2v) is 3.91. The van der Waals surface area contributed by atoms with Crippen LogP contribution in [0.5, 0.6) is 0 Å². The van der Waals surface area contributed by atoms with E-state index in [2.05, 4.69) is 38.1 Å². The van der Waals surface area contributed by atoms with Crippen LogP contribution in [-0.4, -0.2) is 0 Å². The first-order valence-corrected chi connectivity index (χ1v) is 5.01. The van der Waals surface area contributed by atoms with Gasteiger partial charge in [0.2, 0.25) is 0 Å². The molecule has 1 nitrogen and oxygen atoms in total. The Morgan fingerprint density at radius 3 is 2.31 bits per heavy atom. The fourth-order valence-electron chi connectivity index (χ4n) is 1.44. The van der Waals surface area contributed by atoms with Crippen molar-refractivity contribution in [2.75, 3.05) is 0 Å². The lowest BCUT2D eigenvalue weighted by Crippen LogP contribution is -2.02. The van der Waals surface area contributed by atoms with Crippen molar-refractivity contribution in [2.45, 2.75) is 33.2 Å². The molecular weight excluding hydrogens is 158 g/mol. The van der Waals surface area contributed by atoms with E-state index >= 15 is 0 Å². The van der Waals surface area contributed by atoms with Gasteiger partial charge < -0.3 is 5.73 Å². The summed E-state index contributed by atoms with van der Waals surface area (Å²) in [6.07, 6.45) is 2.40. The molecule has 2 N–H and O–H groups in total. The van der Waals surface area contributed by atoms with E-state index in [1.807, 2.05) is 0 Å². The smallest absolute Gasteiger partial charge is 0.0180 e. The van der Waals surface area contributed by atoms with E-state index in [1.54, 1.807) is 0 Å². The van der Waals surface area contributed by atoms with Crippen molar-refractivity contribution in [2.24, 2.45) is 11.7 Å². The maximum atomic E-state index is 5.66. The largest absolute Gasteiger partial charge is 0.326 e. The van der Waals surface area contributed by atoms with Gasteiger partial charge in [-0.15, -0.1) is 0 Å². The minimum Gasteiger partial charge on any atom is -0.326 e. The Bertz CT molecular complexity index is 253. The zero-order valence-electron chi connectivity index (χ0n) is 8.59. The number of nitrogens with two attached hydrogens (primary N) is 1. The van der Waals surface area contributed by atoms with Crippen molar-refractivity contribution in [1.29, 1.82) is 0 Å². The lowest BCUT2D eigenvalue weighted by atomic mass is 9.99. The van der Waals surface area contributed by atoms with Crippen LogP contribution >= 0.6 is 0 Å². The third kappa shape index (κ3) is 3.19. The van der Waals surface area contributed by atoms with Crippen LogP contribution in [0.25, 0.3) is 0 Å². The van der Waals surface area contributed by atoms with E-state index in [0.29, 0.717) is 6.54 Å². The van der Waals surface area contributed by atoms with Crippen LogP contribution in [0.2, 0.25) is 0 Å². The predicted octanol–water partition coefficient (Wildman–Crippen LogP) is 2.73. The summed E-state index contributed by atoms with van der Waals surface area (Å²) in [4.78, 5) is 0. The van der Waals surface area contributed by atoms with E-state index in [-0.39, 0.29) is 0 Å². The minimum absolute atomic E-state index is 0.661. The highest BCUT2D eigenvalue weighted by atomic mass is 14.5. The molecule has 0 aliphatic rings. The maximum absolute atomic E-state index is 5.66. The highest BCUT2D eigenvalue weighted by Gasteiger charge is 2.00. The summed E-state index contributed by atoms with van der Waals surface area (Å²) in [6.45, 7) is 5.17. The Morgan fingerprint density at radius 1 is 1.15 bits per heavy atom. The molecule has 1 aromatic rings. The molecule has 1 aromatic carbocycles. The Kier molecular flexibility index (Phi) is 3.97. The number of hydrogen-bond acceptors (Lipinski definition) is 1. The molecule has 0 radical (unpaired) electrons. The Hall–Kier alpha value is -0.820. The van der Waals surface area contributed by atoms with Crippen LogP contribution in [0.4, 0.5) is 0 Å². The van der Waals surface area contributed by atoms with Gasteiger partial charge in [-0.3, -0.25) is 0 Å². The Balaban J connectivity index is 2.64. The molecule has 1 heteroatoms. The van der Waals surface area contributed by atoms with Gasteiger partial charge in [0.1, 0.15) is 0 Å². The molecule has 1 rings (SSSR count). The summed E-state index contributed by atoms with van der Waals surface area (Å²) < 4.78 is 0. The Morgan fingerprint density at radius 2 is 1.77 bits per heavy atom. The molecule has 13 heavy (non-hydrogen) atoms. The molecule has 0 heterocycles. The van der Waals surface area contributed by atoms with Crippen molar-refractivity contribution < 1.29 is 0 Å². The summed E-state index contributed by atoms with van der Waals surface area (Å²) in [7, 11) is 0. The molecule has 0 spiro atoms. The van der Waals surface area contributed by atoms with Crippen LogP contribution in [0.1, 0.15) is 31.4 Å². The molecular formula is C12H19N. The highest BCUT2D eigenvalue weighted by Crippen LogP contribution is 2.13. The van der Waals surface area contributed by atoms with Gasteiger partial charge in [0.05, 0.1) is 0 Å². The van der Waals surface area contributed by atoms with E-state index < -0.39 is 0 Å². The summed E-state index contributed by atoms with van der Waals surface area (Å²) in [5.41, 5.74) is 8.37. The minimum atomic E-state index is 0.661. The van der Waals surface area contributed by atoms with Crippen LogP contribution < -0.4 is 5.73 Å². The number of aryl methyl sites for hydroxylation is 1. The molecule has 0 unspecified atom stereocenters. The molecule has 0 aromatic heterocycles. The van der Waals surface area contributed by atoms with Crippen LogP contribution in [0.15, 0.2) is 24.3 Å². The summed E-state index contributed by atoms with van der Waals surface area (Å²) in [5, 5.41) is 0. The quantitative estimate of drug-likeness (QED) is 0.752. The maximum Gasteiger partial charge on any atom is 0.0180 e. The highest BCUT2D eigenvalue weighted by molar-refractivity contribution is 5.26. The monoisotopic (exact) mass is 177 g/mol. The van der Waals surface area contributed by atoms with E-state index in [1.165, 1.54) is 17.5 Å². The number of benzene rings is 1. The Labute approximate surface area is 81.0 Å². The summed E-state index contributed by atoms with van der Waals surface area (Å²) >= 11 is 0. The average Bonchev–Trinajstić information content (AvgIpc) is 2.15. The standard InChI is InChI=1S/C12H19N/c1-10(2)7-8-11-5-3-4-6-12(11)9-13/h3-6,10H,7-9,13H2,1-2H3. The van der Waals surface area contributed by atoms with Crippen molar-refractivity contribution in [3.05, 3.63) is 35.4 Å². The summed E-state index contributed by atoms with van der Waals surface area (Å²) in [5.74, 6) is 0.769. The molecule has 0 saturated heterocycles. The second-order valence-electron chi connectivity index (χ2n) is 3.91. The first kappa shape index (κ1) is 10.3. The number of rotatable bonds is 4. The van der Waals surface area contributed by atoms with Gasteiger partial charge in [0.15, 0.2) is 0 Å². The van der Waals surface area contributed by atoms with Crippen molar-refractivity contribution in [3.63, 3.8) is 0 Å². The fraction of sp³-hybridized carbons (Fsp3) is 0.500. The summed E-state index contributed by atoms with van der Waals surface area (Å²) in [6, 6.07) is 8.45. The number of hydrogen-bond donors (Lipinski definition) is 1. The first-order valence-electron chi connectivity index (χ1n) is 5.01. The second kappa shape index (κ2) is 5.03. The fourth-order valence-corrected chi connectivity index (χ4v) is 1.44. The van der Waals surface area contributed by atoms with Gasteiger partial charge in [-0.2, -0.15) is 0 Å². The van der Waals surface area contributed by atoms with Crippen LogP contribution in [-0.2, 0) is 13.0 Å².